The molecule has 4 aromatic rings. The lowest BCUT2D eigenvalue weighted by Crippen LogP contribution is -2.18. The number of nitrogens with zero attached hydrogens (tertiary/aromatic N) is 4. The van der Waals surface area contributed by atoms with Crippen molar-refractivity contribution in [1.82, 2.24) is 25.3 Å². The maximum Gasteiger partial charge on any atom is 0.251 e. The maximum atomic E-state index is 12.3. The molecule has 0 saturated heterocycles. The predicted octanol–water partition coefficient (Wildman–Crippen LogP) is 4.54. The number of nitrogens with one attached hydrogen (secondary N) is 2. The molecular weight excluding hydrogens is 412 g/mol. The van der Waals surface area contributed by atoms with Crippen molar-refractivity contribution in [1.29, 1.82) is 0 Å². The topological polar surface area (TPSA) is 92.7 Å². The van der Waals surface area contributed by atoms with Gasteiger partial charge in [0.1, 0.15) is 12.1 Å². The van der Waals surface area contributed by atoms with Crippen molar-refractivity contribution in [2.45, 2.75) is 31.6 Å². The van der Waals surface area contributed by atoms with Crippen molar-refractivity contribution in [3.63, 3.8) is 0 Å². The van der Waals surface area contributed by atoms with Gasteiger partial charge in [-0.05, 0) is 36.6 Å². The molecule has 1 aromatic carbocycles. The molecule has 1 aliphatic carbocycles. The monoisotopic (exact) mass is 438 g/mol. The van der Waals surface area contributed by atoms with Crippen LogP contribution in [0.15, 0.2) is 61.2 Å². The van der Waals surface area contributed by atoms with E-state index in [9.17, 15) is 4.79 Å². The highest BCUT2D eigenvalue weighted by Gasteiger charge is 2.24. The minimum atomic E-state index is -0.113. The Kier molecular flexibility index (Phi) is 5.69. The van der Waals surface area contributed by atoms with Crippen molar-refractivity contribution < 1.29 is 4.79 Å². The zero-order chi connectivity index (χ0) is 22.8. The molecule has 5 rings (SSSR count). The molecule has 0 radical (unpaired) electrons. The molecule has 3 aromatic heterocycles. The van der Waals surface area contributed by atoms with E-state index in [-0.39, 0.29) is 11.8 Å². The van der Waals surface area contributed by atoms with Crippen LogP contribution in [0.4, 0.5) is 5.82 Å². The molecule has 0 unspecified atom stereocenters. The smallest absolute Gasteiger partial charge is 0.251 e. The van der Waals surface area contributed by atoms with Gasteiger partial charge in [-0.25, -0.2) is 9.97 Å². The Balaban J connectivity index is 1.33. The van der Waals surface area contributed by atoms with Crippen LogP contribution in [-0.4, -0.2) is 39.4 Å². The molecule has 0 bridgehead atoms. The third-order valence-corrected chi connectivity index (χ3v) is 6.14. The molecule has 1 fully saturated rings. The highest BCUT2D eigenvalue weighted by atomic mass is 16.1. The summed E-state index contributed by atoms with van der Waals surface area (Å²) in [5.41, 5.74) is 5.56. The molecule has 0 aliphatic heterocycles. The average molecular weight is 439 g/mol. The second-order valence-corrected chi connectivity index (χ2v) is 8.50. The largest absolute Gasteiger partial charge is 0.369 e. The summed E-state index contributed by atoms with van der Waals surface area (Å²) in [6.07, 6.45) is 7.65. The van der Waals surface area contributed by atoms with Gasteiger partial charge in [0.15, 0.2) is 0 Å². The van der Waals surface area contributed by atoms with E-state index in [1.54, 1.807) is 25.6 Å². The summed E-state index contributed by atoms with van der Waals surface area (Å²) in [7, 11) is 1.64. The van der Waals surface area contributed by atoms with Crippen LogP contribution in [0.5, 0.6) is 0 Å². The van der Waals surface area contributed by atoms with Crippen LogP contribution in [-0.2, 0) is 0 Å². The number of rotatable bonds is 7. The van der Waals surface area contributed by atoms with Gasteiger partial charge in [0.05, 0.1) is 16.8 Å². The van der Waals surface area contributed by atoms with Crippen molar-refractivity contribution in [2.24, 2.45) is 0 Å². The normalized spacial score (nSPS) is 14.1. The number of hydrogen-bond donors (Lipinski definition) is 2. The van der Waals surface area contributed by atoms with Gasteiger partial charge < -0.3 is 10.6 Å². The summed E-state index contributed by atoms with van der Waals surface area (Å²) in [5.74, 6) is 1.44. The van der Waals surface area contributed by atoms with Gasteiger partial charge in [-0.15, -0.1) is 0 Å². The van der Waals surface area contributed by atoms with Gasteiger partial charge in [-0.3, -0.25) is 14.8 Å². The molecule has 1 amide bonds. The number of anilines is 1. The minimum absolute atomic E-state index is 0.113. The highest BCUT2D eigenvalue weighted by Crippen LogP contribution is 2.39. The number of benzene rings is 1. The fourth-order valence-electron chi connectivity index (χ4n) is 4.09. The number of para-hydroxylation sites is 1. The van der Waals surface area contributed by atoms with E-state index in [2.05, 4.69) is 55.7 Å². The Bertz CT molecular complexity index is 1300. The van der Waals surface area contributed by atoms with Crippen LogP contribution in [0, 0.1) is 0 Å². The predicted molar refractivity (Wildman–Crippen MR) is 129 cm³/mol. The van der Waals surface area contributed by atoms with Gasteiger partial charge in [-0.2, -0.15) is 0 Å². The summed E-state index contributed by atoms with van der Waals surface area (Å²) in [4.78, 5) is 30.2. The lowest BCUT2D eigenvalue weighted by atomic mass is 9.96. The van der Waals surface area contributed by atoms with Crippen molar-refractivity contribution in [3.8, 4) is 11.3 Å². The SMILES string of the molecule is CNC(=O)c1ccnc2c([C@H](C)CNc3cc(-c4ccc(C5CC5)nc4)ncn3)cccc12. The average Bonchev–Trinajstić information content (AvgIpc) is 3.72. The molecule has 2 N–H and O–H groups in total. The van der Waals surface area contributed by atoms with Crippen molar-refractivity contribution >= 4 is 22.6 Å². The van der Waals surface area contributed by atoms with E-state index in [1.165, 1.54) is 18.5 Å². The summed E-state index contributed by atoms with van der Waals surface area (Å²) < 4.78 is 0. The molecule has 1 saturated carbocycles. The third-order valence-electron chi connectivity index (χ3n) is 6.14. The van der Waals surface area contributed by atoms with Gasteiger partial charge in [0.2, 0.25) is 0 Å². The van der Waals surface area contributed by atoms with Crippen LogP contribution in [0.2, 0.25) is 0 Å². The summed E-state index contributed by atoms with van der Waals surface area (Å²) in [5, 5.41) is 6.98. The van der Waals surface area contributed by atoms with E-state index < -0.39 is 0 Å². The number of carbonyl (C=O) groups is 1. The number of carbonyl (C=O) groups excluding carboxylic acids is 1. The third kappa shape index (κ3) is 4.39. The van der Waals surface area contributed by atoms with Crippen LogP contribution in [0.3, 0.4) is 0 Å². The molecule has 7 heteroatoms. The molecule has 0 spiro atoms. The zero-order valence-corrected chi connectivity index (χ0v) is 18.7. The first-order chi connectivity index (χ1) is 16.1. The molecule has 33 heavy (non-hydrogen) atoms. The molecule has 3 heterocycles. The fourth-order valence-corrected chi connectivity index (χ4v) is 4.09. The summed E-state index contributed by atoms with van der Waals surface area (Å²) >= 11 is 0. The standard InChI is InChI=1S/C26H26N6O/c1-16(19-4-3-5-20-21(26(33)27-2)10-11-28-25(19)20)13-30-24-12-23(31-15-32-24)18-8-9-22(29-14-18)17-6-7-17/h3-5,8-12,14-17H,6-7,13H2,1-2H3,(H,27,33)(H,30,31,32)/t16-/m1/s1. The Morgan fingerprint density at radius 2 is 1.97 bits per heavy atom. The van der Waals surface area contributed by atoms with E-state index in [0.29, 0.717) is 18.0 Å². The lowest BCUT2D eigenvalue weighted by Gasteiger charge is -2.16. The van der Waals surface area contributed by atoms with E-state index >= 15 is 0 Å². The first-order valence-electron chi connectivity index (χ1n) is 11.3. The fraction of sp³-hybridized carbons (Fsp3) is 0.269. The molecule has 166 valence electrons. The Hall–Kier alpha value is -3.87. The lowest BCUT2D eigenvalue weighted by molar-refractivity contribution is 0.0964. The number of pyridine rings is 2. The molecule has 1 aliphatic rings. The van der Waals surface area contributed by atoms with E-state index in [0.717, 1.165) is 33.5 Å². The number of aromatic nitrogens is 4. The maximum absolute atomic E-state index is 12.3. The van der Waals surface area contributed by atoms with Crippen LogP contribution in [0.1, 0.15) is 53.2 Å². The Labute approximate surface area is 192 Å². The molecule has 7 nitrogen and oxygen atoms in total. The zero-order valence-electron chi connectivity index (χ0n) is 18.7. The van der Waals surface area contributed by atoms with Crippen LogP contribution >= 0.6 is 0 Å². The quantitative estimate of drug-likeness (QED) is 0.440. The minimum Gasteiger partial charge on any atom is -0.369 e. The van der Waals surface area contributed by atoms with Crippen LogP contribution < -0.4 is 10.6 Å². The second kappa shape index (κ2) is 8.94. The second-order valence-electron chi connectivity index (χ2n) is 8.50. The number of amides is 1. The first-order valence-corrected chi connectivity index (χ1v) is 11.3. The first kappa shape index (κ1) is 21.0. The Morgan fingerprint density at radius 3 is 2.73 bits per heavy atom. The van der Waals surface area contributed by atoms with Crippen molar-refractivity contribution in [3.05, 3.63) is 78.0 Å². The molecular formula is C26H26N6O. The van der Waals surface area contributed by atoms with Gasteiger partial charge in [-0.1, -0.05) is 25.1 Å². The summed E-state index contributed by atoms with van der Waals surface area (Å²) in [6.45, 7) is 2.80. The van der Waals surface area contributed by atoms with Gasteiger partial charge in [0.25, 0.3) is 5.91 Å². The number of hydrogen-bond acceptors (Lipinski definition) is 6. The van der Waals surface area contributed by atoms with E-state index in [1.807, 2.05) is 24.4 Å². The van der Waals surface area contributed by atoms with Crippen LogP contribution in [0.25, 0.3) is 22.2 Å². The Morgan fingerprint density at radius 1 is 1.09 bits per heavy atom. The highest BCUT2D eigenvalue weighted by molar-refractivity contribution is 6.06. The number of fused-ring (bicyclic) bond motifs is 1. The van der Waals surface area contributed by atoms with Gasteiger partial charge in [0, 0.05) is 60.5 Å². The van der Waals surface area contributed by atoms with Gasteiger partial charge >= 0.3 is 0 Å². The van der Waals surface area contributed by atoms with Crippen molar-refractivity contribution in [2.75, 3.05) is 18.9 Å². The van der Waals surface area contributed by atoms with E-state index in [4.69, 9.17) is 0 Å². The summed E-state index contributed by atoms with van der Waals surface area (Å²) in [6, 6.07) is 13.9. The molecule has 1 atom stereocenters.